The van der Waals surface area contributed by atoms with Gasteiger partial charge in [-0.1, -0.05) is 31.4 Å². The fraction of sp³-hybridized carbons (Fsp3) is 0.440. The maximum atomic E-state index is 10.1. The second-order valence-corrected chi connectivity index (χ2v) is 8.93. The summed E-state index contributed by atoms with van der Waals surface area (Å²) in [6, 6.07) is 7.62. The summed E-state index contributed by atoms with van der Waals surface area (Å²) >= 11 is 0. The van der Waals surface area contributed by atoms with Crippen LogP contribution in [0.4, 0.5) is 0 Å². The van der Waals surface area contributed by atoms with Crippen LogP contribution in [0.1, 0.15) is 50.5 Å². The highest BCUT2D eigenvalue weighted by molar-refractivity contribution is 6.00. The number of nitrogens with one attached hydrogen (secondary N) is 2. The Hall–Kier alpha value is -3.06. The Balaban J connectivity index is 1.52. The number of amidine groups is 1. The van der Waals surface area contributed by atoms with Gasteiger partial charge in [0.15, 0.2) is 0 Å². The maximum absolute atomic E-state index is 10.1. The van der Waals surface area contributed by atoms with E-state index >= 15 is 0 Å². The normalized spacial score (nSPS) is 22.9. The van der Waals surface area contributed by atoms with E-state index in [9.17, 15) is 5.11 Å². The molecule has 0 unspecified atom stereocenters. The van der Waals surface area contributed by atoms with E-state index < -0.39 is 0 Å². The van der Waals surface area contributed by atoms with Crippen molar-refractivity contribution in [1.29, 1.82) is 5.41 Å². The van der Waals surface area contributed by atoms with Crippen LogP contribution in [0.5, 0.6) is 5.75 Å². The highest BCUT2D eigenvalue weighted by atomic mass is 16.3. The summed E-state index contributed by atoms with van der Waals surface area (Å²) in [6.07, 6.45) is 14.3. The molecule has 2 fully saturated rings. The number of aliphatic imine (C=N–C) groups is 1. The molecule has 7 nitrogen and oxygen atoms in total. The highest BCUT2D eigenvalue weighted by Crippen LogP contribution is 2.31. The lowest BCUT2D eigenvalue weighted by Gasteiger charge is -2.40. The van der Waals surface area contributed by atoms with Gasteiger partial charge in [-0.2, -0.15) is 0 Å². The van der Waals surface area contributed by atoms with Gasteiger partial charge in [0.2, 0.25) is 0 Å². The predicted octanol–water partition coefficient (Wildman–Crippen LogP) is 3.44. The molecule has 1 saturated carbocycles. The molecule has 2 aliphatic heterocycles. The Labute approximate surface area is 190 Å². The molecule has 0 spiro atoms. The molecule has 7 N–H and O–H groups in total. The number of phenols is 1. The molecule has 0 bridgehead atoms. The number of aromatic hydroxyl groups is 1. The van der Waals surface area contributed by atoms with Gasteiger partial charge >= 0.3 is 0 Å². The van der Waals surface area contributed by atoms with Gasteiger partial charge in [0, 0.05) is 34.5 Å². The summed E-state index contributed by atoms with van der Waals surface area (Å²) < 4.78 is 0. The van der Waals surface area contributed by atoms with Crippen molar-refractivity contribution < 1.29 is 5.11 Å². The van der Waals surface area contributed by atoms with Crippen molar-refractivity contribution in [3.8, 4) is 5.75 Å². The number of piperidine rings is 1. The molecule has 4 rings (SSSR count). The first kappa shape index (κ1) is 22.1. The van der Waals surface area contributed by atoms with Gasteiger partial charge in [-0.3, -0.25) is 5.41 Å². The number of hydrogen-bond acceptors (Lipinski definition) is 6. The minimum atomic E-state index is -0.111. The monoisotopic (exact) mass is 434 g/mol. The third-order valence-electron chi connectivity index (χ3n) is 6.87. The standard InChI is InChI=1S/C25H34N6O/c26-21(19-8-4-5-9-24(19)32)14-20(25(27)28)23-15-22(29-16-30-23)17-10-12-31(13-11-17)18-6-2-1-3-7-18/h4-5,8-9,14-18,32H,1-3,6-7,10-13,26H2,(H3,27,28)(H,29,30)/b21-14-,23-20?. The lowest BCUT2D eigenvalue weighted by atomic mass is 9.88. The highest BCUT2D eigenvalue weighted by Gasteiger charge is 2.28. The number of allylic oxidation sites excluding steroid dienone is 2. The van der Waals surface area contributed by atoms with Crippen molar-refractivity contribution in [2.24, 2.45) is 22.4 Å². The smallest absolute Gasteiger partial charge is 0.125 e. The van der Waals surface area contributed by atoms with E-state index in [1.54, 1.807) is 36.7 Å². The lowest BCUT2D eigenvalue weighted by molar-refractivity contribution is 0.114. The van der Waals surface area contributed by atoms with Crippen molar-refractivity contribution in [3.05, 3.63) is 58.9 Å². The topological polar surface area (TPSA) is 124 Å². The van der Waals surface area contributed by atoms with Crippen LogP contribution in [-0.2, 0) is 0 Å². The number of benzene rings is 1. The molecule has 1 aromatic rings. The van der Waals surface area contributed by atoms with Gasteiger partial charge in [-0.25, -0.2) is 4.99 Å². The molecular formula is C25H34N6O. The Morgan fingerprint density at radius 2 is 1.81 bits per heavy atom. The van der Waals surface area contributed by atoms with Crippen LogP contribution in [0.2, 0.25) is 0 Å². The predicted molar refractivity (Wildman–Crippen MR) is 130 cm³/mol. The van der Waals surface area contributed by atoms with Crippen LogP contribution < -0.4 is 16.8 Å². The summed E-state index contributed by atoms with van der Waals surface area (Å²) in [5, 5.41) is 21.5. The van der Waals surface area contributed by atoms with Crippen LogP contribution in [0, 0.1) is 11.3 Å². The first-order chi connectivity index (χ1) is 15.5. The number of phenolic OH excluding ortho intramolecular Hbond substituents is 1. The van der Waals surface area contributed by atoms with Crippen LogP contribution >= 0.6 is 0 Å². The first-order valence-corrected chi connectivity index (χ1v) is 11.6. The zero-order valence-electron chi connectivity index (χ0n) is 18.6. The zero-order chi connectivity index (χ0) is 22.5. The van der Waals surface area contributed by atoms with Gasteiger partial charge in [0.05, 0.1) is 12.0 Å². The summed E-state index contributed by atoms with van der Waals surface area (Å²) in [7, 11) is 0. The molecule has 0 aromatic heterocycles. The second-order valence-electron chi connectivity index (χ2n) is 8.93. The molecule has 0 amide bonds. The van der Waals surface area contributed by atoms with Crippen LogP contribution in [0.25, 0.3) is 5.70 Å². The van der Waals surface area contributed by atoms with E-state index in [-0.39, 0.29) is 11.6 Å². The second kappa shape index (κ2) is 10.0. The minimum Gasteiger partial charge on any atom is -0.507 e. The molecule has 32 heavy (non-hydrogen) atoms. The van der Waals surface area contributed by atoms with Crippen LogP contribution in [-0.4, -0.2) is 41.3 Å². The molecule has 1 aliphatic carbocycles. The molecule has 0 atom stereocenters. The molecule has 7 heteroatoms. The van der Waals surface area contributed by atoms with E-state index in [0.29, 0.717) is 28.4 Å². The average molecular weight is 435 g/mol. The van der Waals surface area contributed by atoms with Crippen LogP contribution in [0.15, 0.2) is 58.4 Å². The Morgan fingerprint density at radius 3 is 2.50 bits per heavy atom. The largest absolute Gasteiger partial charge is 0.507 e. The summed E-state index contributed by atoms with van der Waals surface area (Å²) in [5.41, 5.74) is 15.1. The molecule has 0 radical (unpaired) electrons. The fourth-order valence-electron chi connectivity index (χ4n) is 5.05. The third-order valence-corrected chi connectivity index (χ3v) is 6.87. The fourth-order valence-corrected chi connectivity index (χ4v) is 5.05. The van der Waals surface area contributed by atoms with Crippen molar-refractivity contribution in [3.63, 3.8) is 0 Å². The van der Waals surface area contributed by atoms with E-state index in [1.807, 2.05) is 6.08 Å². The van der Waals surface area contributed by atoms with Crippen molar-refractivity contribution in [2.75, 3.05) is 13.1 Å². The van der Waals surface area contributed by atoms with Crippen LogP contribution in [0.3, 0.4) is 0 Å². The molecular weight excluding hydrogens is 400 g/mol. The van der Waals surface area contributed by atoms with E-state index in [1.165, 1.54) is 32.1 Å². The number of likely N-dealkylation sites (tertiary alicyclic amines) is 1. The Kier molecular flexibility index (Phi) is 6.95. The number of nitrogens with two attached hydrogens (primary N) is 2. The van der Waals surface area contributed by atoms with Gasteiger partial charge in [0.25, 0.3) is 0 Å². The molecule has 2 heterocycles. The summed E-state index contributed by atoms with van der Waals surface area (Å²) in [5.74, 6) is 0.411. The summed E-state index contributed by atoms with van der Waals surface area (Å²) in [4.78, 5) is 7.11. The van der Waals surface area contributed by atoms with Gasteiger partial charge < -0.3 is 26.8 Å². The quantitative estimate of drug-likeness (QED) is 0.359. The molecule has 170 valence electrons. The van der Waals surface area contributed by atoms with E-state index in [2.05, 4.69) is 15.2 Å². The number of hydrogen-bond donors (Lipinski definition) is 5. The SMILES string of the molecule is N=C(N)C(/C=C(\N)c1ccccc1O)=C1C=C(C2CCN(C3CCCCC3)CC2)NC=N1. The average Bonchev–Trinajstić information content (AvgIpc) is 2.83. The Bertz CT molecular complexity index is 962. The number of para-hydroxylation sites is 1. The molecule has 1 saturated heterocycles. The number of rotatable bonds is 5. The number of nitrogens with zero attached hydrogens (tertiary/aromatic N) is 2. The Morgan fingerprint density at radius 1 is 1.09 bits per heavy atom. The maximum Gasteiger partial charge on any atom is 0.125 e. The first-order valence-electron chi connectivity index (χ1n) is 11.6. The van der Waals surface area contributed by atoms with Gasteiger partial charge in [-0.05, 0) is 63.1 Å². The van der Waals surface area contributed by atoms with Crippen molar-refractivity contribution in [1.82, 2.24) is 10.2 Å². The molecule has 1 aromatic carbocycles. The lowest BCUT2D eigenvalue weighted by Crippen LogP contribution is -2.43. The zero-order valence-corrected chi connectivity index (χ0v) is 18.6. The summed E-state index contributed by atoms with van der Waals surface area (Å²) in [6.45, 7) is 2.26. The van der Waals surface area contributed by atoms with Gasteiger partial charge in [0.1, 0.15) is 11.6 Å². The van der Waals surface area contributed by atoms with Gasteiger partial charge in [-0.15, -0.1) is 0 Å². The van der Waals surface area contributed by atoms with Crippen molar-refractivity contribution >= 4 is 17.9 Å². The van der Waals surface area contributed by atoms with Crippen molar-refractivity contribution in [2.45, 2.75) is 51.0 Å². The van der Waals surface area contributed by atoms with E-state index in [4.69, 9.17) is 16.9 Å². The molecule has 3 aliphatic rings. The van der Waals surface area contributed by atoms with E-state index in [0.717, 1.165) is 37.7 Å². The minimum absolute atomic E-state index is 0.0870. The third kappa shape index (κ3) is 5.05.